The maximum Gasteiger partial charge on any atom is 0.0281 e. The van der Waals surface area contributed by atoms with Crippen LogP contribution in [0.3, 0.4) is 0 Å². The summed E-state index contributed by atoms with van der Waals surface area (Å²) in [6.07, 6.45) is 4.18. The van der Waals surface area contributed by atoms with Gasteiger partial charge in [0.05, 0.1) is 0 Å². The van der Waals surface area contributed by atoms with E-state index in [0.29, 0.717) is 8.84 Å². The highest BCUT2D eigenvalue weighted by Crippen LogP contribution is 2.72. The molecule has 0 heterocycles. The van der Waals surface area contributed by atoms with Crippen LogP contribution < -0.4 is 0 Å². The van der Waals surface area contributed by atoms with E-state index in [2.05, 4.69) is 22.6 Å². The third-order valence-corrected chi connectivity index (χ3v) is 4.07. The molecule has 0 atom stereocenters. The van der Waals surface area contributed by atoms with Crippen molar-refractivity contribution in [3.63, 3.8) is 0 Å². The van der Waals surface area contributed by atoms with Crippen LogP contribution in [-0.4, -0.2) is 9.30 Å². The van der Waals surface area contributed by atoms with Gasteiger partial charge in [-0.3, -0.25) is 0 Å². The topological polar surface area (TPSA) is 0 Å². The molecular weight excluding hydrogens is 234 g/mol. The minimum atomic E-state index is 0.628. The van der Waals surface area contributed by atoms with Crippen LogP contribution in [0.15, 0.2) is 0 Å². The van der Waals surface area contributed by atoms with Crippen molar-refractivity contribution < 1.29 is 0 Å². The Kier molecular flexibility index (Phi) is 0.986. The van der Waals surface area contributed by atoms with Crippen molar-refractivity contribution in [2.45, 2.75) is 22.7 Å². The molecule has 0 aliphatic heterocycles. The molecule has 3 aliphatic carbocycles. The van der Waals surface area contributed by atoms with Gasteiger partial charge in [0.15, 0.2) is 0 Å². The van der Waals surface area contributed by atoms with Crippen LogP contribution in [0.1, 0.15) is 19.3 Å². The van der Waals surface area contributed by atoms with Gasteiger partial charge in [-0.2, -0.15) is 0 Å². The van der Waals surface area contributed by atoms with Crippen LogP contribution in [0.5, 0.6) is 0 Å². The Morgan fingerprint density at radius 1 is 1.38 bits per heavy atom. The molecule has 0 aromatic rings. The first-order valence-electron chi connectivity index (χ1n) is 2.93. The molecule has 3 aliphatic rings. The minimum absolute atomic E-state index is 0.628. The van der Waals surface area contributed by atoms with E-state index in [4.69, 9.17) is 11.6 Å². The maximum absolute atomic E-state index is 5.74. The van der Waals surface area contributed by atoms with E-state index in [1.165, 1.54) is 19.3 Å². The summed E-state index contributed by atoms with van der Waals surface area (Å²) in [5.41, 5.74) is 0.628. The van der Waals surface area contributed by atoms with Gasteiger partial charge in [-0.1, -0.05) is 22.6 Å². The van der Waals surface area contributed by atoms with Crippen LogP contribution in [0.25, 0.3) is 0 Å². The second kappa shape index (κ2) is 1.36. The molecule has 2 heteroatoms. The smallest absolute Gasteiger partial charge is 0.0281 e. The standard InChI is InChI=1S/C6H8ClI/c7-4-5-1-6(8,2-5)3-5/h1-4H2. The molecule has 0 N–H and O–H groups in total. The van der Waals surface area contributed by atoms with E-state index in [9.17, 15) is 0 Å². The summed E-state index contributed by atoms with van der Waals surface area (Å²) in [7, 11) is 0. The van der Waals surface area contributed by atoms with Gasteiger partial charge in [-0.15, -0.1) is 11.6 Å². The van der Waals surface area contributed by atoms with Gasteiger partial charge in [0.1, 0.15) is 0 Å². The van der Waals surface area contributed by atoms with Crippen LogP contribution in [0.2, 0.25) is 0 Å². The normalized spacial score (nSPS) is 59.2. The Morgan fingerprint density at radius 2 is 1.88 bits per heavy atom. The van der Waals surface area contributed by atoms with Crippen molar-refractivity contribution in [1.29, 1.82) is 0 Å². The third kappa shape index (κ3) is 0.525. The van der Waals surface area contributed by atoms with Gasteiger partial charge in [-0.05, 0) is 24.7 Å². The highest BCUT2D eigenvalue weighted by molar-refractivity contribution is 14.1. The SMILES string of the molecule is ClCC12CC(I)(C1)C2. The Bertz CT molecular complexity index is 113. The molecule has 0 unspecified atom stereocenters. The zero-order chi connectivity index (χ0) is 5.83. The van der Waals surface area contributed by atoms with Crippen LogP contribution in [-0.2, 0) is 0 Å². The number of alkyl halides is 2. The van der Waals surface area contributed by atoms with Gasteiger partial charge < -0.3 is 0 Å². The summed E-state index contributed by atoms with van der Waals surface area (Å²) in [5, 5.41) is 0. The molecule has 0 aromatic carbocycles. The fourth-order valence-electron chi connectivity index (χ4n) is 2.00. The largest absolute Gasteiger partial charge is 0.126 e. The quantitative estimate of drug-likeness (QED) is 0.490. The maximum atomic E-state index is 5.74. The van der Waals surface area contributed by atoms with Crippen LogP contribution >= 0.6 is 34.2 Å². The molecule has 3 rings (SSSR count). The highest BCUT2D eigenvalue weighted by Gasteiger charge is 2.65. The Balaban J connectivity index is 2.04. The monoisotopic (exact) mass is 242 g/mol. The van der Waals surface area contributed by atoms with Crippen molar-refractivity contribution in [2.24, 2.45) is 5.41 Å². The summed E-state index contributed by atoms with van der Waals surface area (Å²) in [6, 6.07) is 0. The fraction of sp³-hybridized carbons (Fsp3) is 1.00. The lowest BCUT2D eigenvalue weighted by Crippen LogP contribution is -2.63. The molecule has 3 fully saturated rings. The molecule has 0 saturated heterocycles. The minimum Gasteiger partial charge on any atom is -0.126 e. The first-order chi connectivity index (χ1) is 3.68. The summed E-state index contributed by atoms with van der Waals surface area (Å²) in [6.45, 7) is 0. The van der Waals surface area contributed by atoms with E-state index in [-0.39, 0.29) is 0 Å². The van der Waals surface area contributed by atoms with E-state index >= 15 is 0 Å². The second-order valence-corrected chi connectivity index (χ2v) is 5.87. The van der Waals surface area contributed by atoms with Crippen molar-refractivity contribution in [2.75, 3.05) is 5.88 Å². The molecule has 0 nitrogen and oxygen atoms in total. The van der Waals surface area contributed by atoms with E-state index in [0.717, 1.165) is 5.88 Å². The van der Waals surface area contributed by atoms with Gasteiger partial charge >= 0.3 is 0 Å². The number of halogens is 2. The van der Waals surface area contributed by atoms with E-state index < -0.39 is 0 Å². The zero-order valence-electron chi connectivity index (χ0n) is 4.58. The molecule has 0 aromatic heterocycles. The van der Waals surface area contributed by atoms with Crippen molar-refractivity contribution >= 4 is 34.2 Å². The second-order valence-electron chi connectivity index (χ2n) is 3.31. The van der Waals surface area contributed by atoms with Gasteiger partial charge in [-0.25, -0.2) is 0 Å². The molecular formula is C6H8ClI. The van der Waals surface area contributed by atoms with E-state index in [1.54, 1.807) is 0 Å². The Labute approximate surface area is 68.1 Å². The van der Waals surface area contributed by atoms with Gasteiger partial charge in [0.25, 0.3) is 0 Å². The predicted molar refractivity (Wildman–Crippen MR) is 43.8 cm³/mol. The fourth-order valence-corrected chi connectivity index (χ4v) is 4.71. The predicted octanol–water partition coefficient (Wildman–Crippen LogP) is 2.58. The van der Waals surface area contributed by atoms with Gasteiger partial charge in [0.2, 0.25) is 0 Å². The average molecular weight is 242 g/mol. The lowest BCUT2D eigenvalue weighted by atomic mass is 9.45. The summed E-state index contributed by atoms with van der Waals surface area (Å²) in [4.78, 5) is 0. The summed E-state index contributed by atoms with van der Waals surface area (Å²) in [5.74, 6) is 0.901. The molecule has 0 amide bonds. The number of hydrogen-bond acceptors (Lipinski definition) is 0. The Morgan fingerprint density at radius 3 is 2.00 bits per heavy atom. The van der Waals surface area contributed by atoms with Gasteiger partial charge in [0, 0.05) is 9.30 Å². The van der Waals surface area contributed by atoms with E-state index in [1.807, 2.05) is 0 Å². The average Bonchev–Trinajstić information content (AvgIpc) is 1.55. The van der Waals surface area contributed by atoms with Crippen LogP contribution in [0, 0.1) is 5.41 Å². The van der Waals surface area contributed by atoms with Crippen molar-refractivity contribution in [1.82, 2.24) is 0 Å². The first kappa shape index (κ1) is 5.78. The lowest BCUT2D eigenvalue weighted by Gasteiger charge is -2.67. The number of rotatable bonds is 1. The summed E-state index contributed by atoms with van der Waals surface area (Å²) < 4.78 is 0.715. The van der Waals surface area contributed by atoms with Crippen molar-refractivity contribution in [3.05, 3.63) is 0 Å². The molecule has 0 radical (unpaired) electrons. The number of hydrogen-bond donors (Lipinski definition) is 0. The molecule has 0 spiro atoms. The zero-order valence-corrected chi connectivity index (χ0v) is 7.50. The first-order valence-corrected chi connectivity index (χ1v) is 4.54. The molecule has 3 saturated carbocycles. The Hall–Kier alpha value is 1.02. The highest BCUT2D eigenvalue weighted by atomic mass is 127. The van der Waals surface area contributed by atoms with Crippen molar-refractivity contribution in [3.8, 4) is 0 Å². The third-order valence-electron chi connectivity index (χ3n) is 2.36. The van der Waals surface area contributed by atoms with Crippen LogP contribution in [0.4, 0.5) is 0 Å². The lowest BCUT2D eigenvalue weighted by molar-refractivity contribution is -0.0393. The molecule has 8 heavy (non-hydrogen) atoms. The molecule has 2 bridgehead atoms. The summed E-state index contributed by atoms with van der Waals surface area (Å²) >= 11 is 8.31. The molecule has 46 valence electrons.